The molecule has 0 radical (unpaired) electrons. The number of benzene rings is 1. The zero-order chi connectivity index (χ0) is 13.2. The van der Waals surface area contributed by atoms with Gasteiger partial charge in [0.25, 0.3) is 0 Å². The number of hydrogen-bond donors (Lipinski definition) is 0. The van der Waals surface area contributed by atoms with Gasteiger partial charge in [0.2, 0.25) is 0 Å². The van der Waals surface area contributed by atoms with Crippen LogP contribution in [0.1, 0.15) is 36.6 Å². The van der Waals surface area contributed by atoms with E-state index in [1.807, 2.05) is 19.2 Å². The SMILES string of the molecule is Cn1nnc(C(Cc2ccc(Cl)cc2)CC2CC2)n1. The van der Waals surface area contributed by atoms with Crippen molar-refractivity contribution in [3.05, 3.63) is 40.7 Å². The Balaban J connectivity index is 1.76. The summed E-state index contributed by atoms with van der Waals surface area (Å²) in [6.07, 6.45) is 4.81. The van der Waals surface area contributed by atoms with Crippen LogP contribution < -0.4 is 0 Å². The van der Waals surface area contributed by atoms with Crippen LogP contribution in [0.25, 0.3) is 0 Å². The second-order valence-corrected chi connectivity index (χ2v) is 5.78. The first-order valence-corrected chi connectivity index (χ1v) is 7.07. The summed E-state index contributed by atoms with van der Waals surface area (Å²) < 4.78 is 0. The summed E-state index contributed by atoms with van der Waals surface area (Å²) in [7, 11) is 1.81. The van der Waals surface area contributed by atoms with Gasteiger partial charge in [-0.15, -0.1) is 10.2 Å². The predicted molar refractivity (Wildman–Crippen MR) is 74.0 cm³/mol. The molecule has 2 aromatic rings. The molecule has 100 valence electrons. The Hall–Kier alpha value is -1.42. The maximum Gasteiger partial charge on any atom is 0.178 e. The minimum absolute atomic E-state index is 0.363. The molecule has 1 aliphatic carbocycles. The van der Waals surface area contributed by atoms with Crippen molar-refractivity contribution < 1.29 is 0 Å². The highest BCUT2D eigenvalue weighted by molar-refractivity contribution is 6.30. The highest BCUT2D eigenvalue weighted by Crippen LogP contribution is 2.39. The number of hydrogen-bond acceptors (Lipinski definition) is 3. The molecule has 19 heavy (non-hydrogen) atoms. The van der Waals surface area contributed by atoms with Gasteiger partial charge in [-0.3, -0.25) is 0 Å². The van der Waals surface area contributed by atoms with Crippen LogP contribution in [0.4, 0.5) is 0 Å². The number of tetrazole rings is 1. The first-order valence-electron chi connectivity index (χ1n) is 6.69. The third-order valence-electron chi connectivity index (χ3n) is 3.60. The lowest BCUT2D eigenvalue weighted by Crippen LogP contribution is -2.07. The lowest BCUT2D eigenvalue weighted by Gasteiger charge is -2.12. The average molecular weight is 277 g/mol. The van der Waals surface area contributed by atoms with Gasteiger partial charge in [0.1, 0.15) is 0 Å². The van der Waals surface area contributed by atoms with Gasteiger partial charge >= 0.3 is 0 Å². The van der Waals surface area contributed by atoms with Crippen molar-refractivity contribution >= 4 is 11.6 Å². The van der Waals surface area contributed by atoms with Crippen molar-refractivity contribution in [2.75, 3.05) is 0 Å². The molecule has 0 N–H and O–H groups in total. The number of aromatic nitrogens is 4. The number of halogens is 1. The molecular formula is C14H17ClN4. The van der Waals surface area contributed by atoms with E-state index in [9.17, 15) is 0 Å². The molecule has 0 amide bonds. The third kappa shape index (κ3) is 3.32. The number of aryl methyl sites for hydroxylation is 1. The molecule has 1 aromatic heterocycles. The van der Waals surface area contributed by atoms with Gasteiger partial charge in [0, 0.05) is 10.9 Å². The molecule has 1 unspecified atom stereocenters. The Morgan fingerprint density at radius 2 is 2.05 bits per heavy atom. The van der Waals surface area contributed by atoms with E-state index in [-0.39, 0.29) is 0 Å². The molecular weight excluding hydrogens is 260 g/mol. The third-order valence-corrected chi connectivity index (χ3v) is 3.85. The zero-order valence-corrected chi connectivity index (χ0v) is 11.7. The molecule has 1 aliphatic rings. The van der Waals surface area contributed by atoms with Crippen LogP contribution in [-0.2, 0) is 13.5 Å². The molecule has 0 saturated heterocycles. The summed E-state index contributed by atoms with van der Waals surface area (Å²) in [5.74, 6) is 2.08. The van der Waals surface area contributed by atoms with Crippen LogP contribution >= 0.6 is 11.6 Å². The summed E-state index contributed by atoms with van der Waals surface area (Å²) in [4.78, 5) is 1.54. The minimum Gasteiger partial charge on any atom is -0.167 e. The van der Waals surface area contributed by atoms with Crippen LogP contribution in [0, 0.1) is 5.92 Å². The van der Waals surface area contributed by atoms with Crippen molar-refractivity contribution in [1.29, 1.82) is 0 Å². The largest absolute Gasteiger partial charge is 0.178 e. The van der Waals surface area contributed by atoms with Crippen molar-refractivity contribution in [2.24, 2.45) is 13.0 Å². The topological polar surface area (TPSA) is 43.6 Å². The van der Waals surface area contributed by atoms with Crippen LogP contribution in [0.5, 0.6) is 0 Å². The fourth-order valence-corrected chi connectivity index (χ4v) is 2.53. The first-order chi connectivity index (χ1) is 9.20. The van der Waals surface area contributed by atoms with E-state index in [1.165, 1.54) is 23.2 Å². The monoisotopic (exact) mass is 276 g/mol. The van der Waals surface area contributed by atoms with E-state index in [2.05, 4.69) is 27.5 Å². The highest BCUT2D eigenvalue weighted by Gasteiger charge is 2.28. The lowest BCUT2D eigenvalue weighted by atomic mass is 9.93. The molecule has 0 aliphatic heterocycles. The fourth-order valence-electron chi connectivity index (χ4n) is 2.40. The predicted octanol–water partition coefficient (Wildman–Crippen LogP) is 2.99. The standard InChI is InChI=1S/C14H17ClN4/c1-19-17-14(16-18-19)12(8-10-2-3-10)9-11-4-6-13(15)7-5-11/h4-7,10,12H,2-3,8-9H2,1H3. The van der Waals surface area contributed by atoms with Crippen LogP contribution in [0.3, 0.4) is 0 Å². The van der Waals surface area contributed by atoms with Gasteiger partial charge in [0.15, 0.2) is 5.82 Å². The van der Waals surface area contributed by atoms with Gasteiger partial charge in [-0.25, -0.2) is 0 Å². The van der Waals surface area contributed by atoms with E-state index in [4.69, 9.17) is 11.6 Å². The lowest BCUT2D eigenvalue weighted by molar-refractivity contribution is 0.541. The van der Waals surface area contributed by atoms with Gasteiger partial charge in [-0.2, -0.15) is 4.80 Å². The summed E-state index contributed by atoms with van der Waals surface area (Å²) in [5, 5.41) is 13.3. The minimum atomic E-state index is 0.363. The van der Waals surface area contributed by atoms with E-state index in [1.54, 1.807) is 0 Å². The molecule has 0 bridgehead atoms. The van der Waals surface area contributed by atoms with E-state index < -0.39 is 0 Å². The number of nitrogens with zero attached hydrogens (tertiary/aromatic N) is 4. The van der Waals surface area contributed by atoms with E-state index in [0.29, 0.717) is 5.92 Å². The molecule has 4 nitrogen and oxygen atoms in total. The first kappa shape index (κ1) is 12.6. The molecule has 1 aromatic carbocycles. The molecule has 1 atom stereocenters. The van der Waals surface area contributed by atoms with E-state index in [0.717, 1.165) is 29.6 Å². The van der Waals surface area contributed by atoms with Crippen LogP contribution in [0.15, 0.2) is 24.3 Å². The van der Waals surface area contributed by atoms with Crippen LogP contribution in [0.2, 0.25) is 5.02 Å². The zero-order valence-electron chi connectivity index (χ0n) is 11.0. The smallest absolute Gasteiger partial charge is 0.167 e. The normalized spacial score (nSPS) is 16.5. The van der Waals surface area contributed by atoms with Gasteiger partial charge in [0.05, 0.1) is 7.05 Å². The fraction of sp³-hybridized carbons (Fsp3) is 0.500. The average Bonchev–Trinajstić information content (AvgIpc) is 3.11. The van der Waals surface area contributed by atoms with Crippen molar-refractivity contribution in [3.63, 3.8) is 0 Å². The second-order valence-electron chi connectivity index (χ2n) is 5.34. The summed E-state index contributed by atoms with van der Waals surface area (Å²) in [5.41, 5.74) is 1.28. The maximum absolute atomic E-state index is 5.92. The maximum atomic E-state index is 5.92. The highest BCUT2D eigenvalue weighted by atomic mass is 35.5. The van der Waals surface area contributed by atoms with Gasteiger partial charge in [-0.05, 0) is 41.7 Å². The van der Waals surface area contributed by atoms with Crippen molar-refractivity contribution in [3.8, 4) is 0 Å². The van der Waals surface area contributed by atoms with Gasteiger partial charge < -0.3 is 0 Å². The molecule has 3 rings (SSSR count). The number of rotatable bonds is 5. The molecule has 1 fully saturated rings. The second kappa shape index (κ2) is 5.29. The van der Waals surface area contributed by atoms with E-state index >= 15 is 0 Å². The summed E-state index contributed by atoms with van der Waals surface area (Å²) >= 11 is 5.92. The molecule has 5 heteroatoms. The quantitative estimate of drug-likeness (QED) is 0.843. The van der Waals surface area contributed by atoms with Crippen molar-refractivity contribution in [2.45, 2.75) is 31.6 Å². The Bertz CT molecular complexity index is 545. The Kier molecular flexibility index (Phi) is 3.51. The molecule has 0 spiro atoms. The summed E-state index contributed by atoms with van der Waals surface area (Å²) in [6, 6.07) is 8.04. The summed E-state index contributed by atoms with van der Waals surface area (Å²) in [6.45, 7) is 0. The molecule has 1 heterocycles. The molecule has 1 saturated carbocycles. The van der Waals surface area contributed by atoms with Gasteiger partial charge in [-0.1, -0.05) is 36.6 Å². The Morgan fingerprint density at radius 3 is 2.63 bits per heavy atom. The van der Waals surface area contributed by atoms with Crippen LogP contribution in [-0.4, -0.2) is 20.2 Å². The Morgan fingerprint density at radius 1 is 1.32 bits per heavy atom. The van der Waals surface area contributed by atoms with Crippen molar-refractivity contribution in [1.82, 2.24) is 20.2 Å². The Labute approximate surface area is 117 Å².